The summed E-state index contributed by atoms with van der Waals surface area (Å²) >= 11 is 1.79. The third kappa shape index (κ3) is 3.92. The zero-order valence-corrected chi connectivity index (χ0v) is 12.3. The van der Waals surface area contributed by atoms with Crippen molar-refractivity contribution >= 4 is 23.0 Å². The van der Waals surface area contributed by atoms with Gasteiger partial charge in [0.1, 0.15) is 17.5 Å². The molecule has 0 aliphatic heterocycles. The van der Waals surface area contributed by atoms with Gasteiger partial charge < -0.3 is 10.6 Å². The lowest BCUT2D eigenvalue weighted by atomic mass is 10.3. The molecular formula is C14H20N4S. The number of aromatic nitrogens is 2. The fourth-order valence-corrected chi connectivity index (χ4v) is 2.58. The average molecular weight is 276 g/mol. The molecule has 2 N–H and O–H groups in total. The second-order valence-electron chi connectivity index (χ2n) is 4.57. The number of nitrogen functional groups attached to an aromatic ring is 1. The molecule has 0 aliphatic carbocycles. The summed E-state index contributed by atoms with van der Waals surface area (Å²) in [6, 6.07) is 6.09. The van der Waals surface area contributed by atoms with Crippen LogP contribution in [-0.2, 0) is 12.8 Å². The summed E-state index contributed by atoms with van der Waals surface area (Å²) in [5.74, 6) is 2.30. The van der Waals surface area contributed by atoms with Gasteiger partial charge in [-0.3, -0.25) is 0 Å². The molecule has 0 saturated carbocycles. The maximum absolute atomic E-state index is 5.84. The molecule has 4 nitrogen and oxygen atoms in total. The van der Waals surface area contributed by atoms with Crippen LogP contribution in [0.3, 0.4) is 0 Å². The van der Waals surface area contributed by atoms with Crippen LogP contribution in [0.2, 0.25) is 0 Å². The summed E-state index contributed by atoms with van der Waals surface area (Å²) < 4.78 is 0. The smallest absolute Gasteiger partial charge is 0.134 e. The van der Waals surface area contributed by atoms with Crippen LogP contribution in [-0.4, -0.2) is 23.6 Å². The first kappa shape index (κ1) is 13.8. The summed E-state index contributed by atoms with van der Waals surface area (Å²) in [4.78, 5) is 12.3. The Kier molecular flexibility index (Phi) is 4.74. The molecule has 5 heteroatoms. The van der Waals surface area contributed by atoms with E-state index < -0.39 is 0 Å². The van der Waals surface area contributed by atoms with E-state index in [1.54, 1.807) is 11.3 Å². The Morgan fingerprint density at radius 2 is 2.16 bits per heavy atom. The van der Waals surface area contributed by atoms with Crippen LogP contribution in [0.4, 0.5) is 11.6 Å². The summed E-state index contributed by atoms with van der Waals surface area (Å²) in [7, 11) is 2.05. The lowest BCUT2D eigenvalue weighted by molar-refractivity contribution is 0.810. The van der Waals surface area contributed by atoms with E-state index in [1.165, 1.54) is 4.88 Å². The van der Waals surface area contributed by atoms with Crippen molar-refractivity contribution in [1.29, 1.82) is 0 Å². The zero-order chi connectivity index (χ0) is 13.7. The molecule has 102 valence electrons. The van der Waals surface area contributed by atoms with Gasteiger partial charge in [0.05, 0.1) is 0 Å². The Balaban J connectivity index is 2.03. The van der Waals surface area contributed by atoms with E-state index in [0.717, 1.165) is 37.4 Å². The highest BCUT2D eigenvalue weighted by Crippen LogP contribution is 2.15. The minimum atomic E-state index is 0.552. The van der Waals surface area contributed by atoms with Crippen molar-refractivity contribution in [3.63, 3.8) is 0 Å². The van der Waals surface area contributed by atoms with E-state index in [9.17, 15) is 0 Å². The molecule has 0 radical (unpaired) electrons. The van der Waals surface area contributed by atoms with Gasteiger partial charge in [0.2, 0.25) is 0 Å². The number of hydrogen-bond donors (Lipinski definition) is 1. The molecule has 0 aliphatic rings. The second kappa shape index (κ2) is 6.52. The van der Waals surface area contributed by atoms with Crippen LogP contribution < -0.4 is 10.6 Å². The van der Waals surface area contributed by atoms with Gasteiger partial charge in [0.15, 0.2) is 0 Å². The minimum absolute atomic E-state index is 0.552. The standard InChI is InChI=1S/C14H20N4S/c1-3-5-13-16-12(15)10-14(17-13)18(2)8-7-11-6-4-9-19-11/h4,6,9-10H,3,5,7-8H2,1-2H3,(H2,15,16,17). The molecule has 2 aromatic rings. The summed E-state index contributed by atoms with van der Waals surface area (Å²) in [5.41, 5.74) is 5.84. The molecular weight excluding hydrogens is 256 g/mol. The molecule has 2 aromatic heterocycles. The Labute approximate surface area is 118 Å². The van der Waals surface area contributed by atoms with E-state index in [4.69, 9.17) is 5.73 Å². The van der Waals surface area contributed by atoms with Crippen LogP contribution in [0.15, 0.2) is 23.6 Å². The molecule has 0 amide bonds. The first-order chi connectivity index (χ1) is 9.19. The first-order valence-corrected chi connectivity index (χ1v) is 7.44. The van der Waals surface area contributed by atoms with Gasteiger partial charge in [0, 0.05) is 31.0 Å². The van der Waals surface area contributed by atoms with Gasteiger partial charge >= 0.3 is 0 Å². The summed E-state index contributed by atoms with van der Waals surface area (Å²) in [6.45, 7) is 3.05. The summed E-state index contributed by atoms with van der Waals surface area (Å²) in [6.07, 6.45) is 2.93. The van der Waals surface area contributed by atoms with Gasteiger partial charge in [-0.25, -0.2) is 9.97 Å². The predicted octanol–water partition coefficient (Wildman–Crippen LogP) is 2.75. The number of nitrogens with two attached hydrogens (primary N) is 1. The minimum Gasteiger partial charge on any atom is -0.384 e. The van der Waals surface area contributed by atoms with Crippen molar-refractivity contribution in [2.75, 3.05) is 24.2 Å². The Hall–Kier alpha value is -1.62. The zero-order valence-electron chi connectivity index (χ0n) is 11.5. The molecule has 2 rings (SSSR count). The third-order valence-corrected chi connectivity index (χ3v) is 3.85. The highest BCUT2D eigenvalue weighted by Gasteiger charge is 2.07. The Bertz CT molecular complexity index is 510. The maximum atomic E-state index is 5.84. The Morgan fingerprint density at radius 3 is 2.84 bits per heavy atom. The fraction of sp³-hybridized carbons (Fsp3) is 0.429. The number of thiophene rings is 1. The molecule has 0 saturated heterocycles. The average Bonchev–Trinajstić information content (AvgIpc) is 2.88. The van der Waals surface area contributed by atoms with Crippen LogP contribution in [0.1, 0.15) is 24.0 Å². The lowest BCUT2D eigenvalue weighted by Crippen LogP contribution is -2.22. The fourth-order valence-electron chi connectivity index (χ4n) is 1.88. The van der Waals surface area contributed by atoms with E-state index in [2.05, 4.69) is 39.3 Å². The van der Waals surface area contributed by atoms with Crippen LogP contribution in [0, 0.1) is 0 Å². The lowest BCUT2D eigenvalue weighted by Gasteiger charge is -2.18. The van der Waals surface area contributed by atoms with Gasteiger partial charge in [-0.05, 0) is 24.3 Å². The number of nitrogens with zero attached hydrogens (tertiary/aromatic N) is 3. The third-order valence-electron chi connectivity index (χ3n) is 2.92. The predicted molar refractivity (Wildman–Crippen MR) is 81.7 cm³/mol. The van der Waals surface area contributed by atoms with Gasteiger partial charge in [0.25, 0.3) is 0 Å². The van der Waals surface area contributed by atoms with E-state index >= 15 is 0 Å². The van der Waals surface area contributed by atoms with Crippen LogP contribution in [0.25, 0.3) is 0 Å². The van der Waals surface area contributed by atoms with Crippen molar-refractivity contribution in [2.24, 2.45) is 0 Å². The first-order valence-electron chi connectivity index (χ1n) is 6.56. The van der Waals surface area contributed by atoms with E-state index in [1.807, 2.05) is 13.1 Å². The van der Waals surface area contributed by atoms with Gasteiger partial charge in [-0.15, -0.1) is 11.3 Å². The normalized spacial score (nSPS) is 10.6. The quantitative estimate of drug-likeness (QED) is 0.881. The number of aryl methyl sites for hydroxylation is 1. The van der Waals surface area contributed by atoms with E-state index in [0.29, 0.717) is 5.82 Å². The number of likely N-dealkylation sites (N-methyl/N-ethyl adjacent to an activating group) is 1. The maximum Gasteiger partial charge on any atom is 0.134 e. The monoisotopic (exact) mass is 276 g/mol. The van der Waals surface area contributed by atoms with Crippen molar-refractivity contribution in [1.82, 2.24) is 9.97 Å². The molecule has 0 fully saturated rings. The molecule has 0 atom stereocenters. The van der Waals surface area contributed by atoms with Crippen LogP contribution >= 0.6 is 11.3 Å². The topological polar surface area (TPSA) is 55.0 Å². The second-order valence-corrected chi connectivity index (χ2v) is 5.60. The molecule has 2 heterocycles. The highest BCUT2D eigenvalue weighted by atomic mass is 32.1. The van der Waals surface area contributed by atoms with Crippen molar-refractivity contribution < 1.29 is 0 Å². The molecule has 19 heavy (non-hydrogen) atoms. The number of hydrogen-bond acceptors (Lipinski definition) is 5. The number of rotatable bonds is 6. The molecule has 0 bridgehead atoms. The van der Waals surface area contributed by atoms with Crippen molar-refractivity contribution in [3.8, 4) is 0 Å². The Morgan fingerprint density at radius 1 is 1.32 bits per heavy atom. The van der Waals surface area contributed by atoms with Gasteiger partial charge in [-0.1, -0.05) is 13.0 Å². The SMILES string of the molecule is CCCc1nc(N)cc(N(C)CCc2cccs2)n1. The largest absolute Gasteiger partial charge is 0.384 e. The summed E-state index contributed by atoms with van der Waals surface area (Å²) in [5, 5.41) is 2.11. The van der Waals surface area contributed by atoms with Crippen molar-refractivity contribution in [2.45, 2.75) is 26.2 Å². The molecule has 0 unspecified atom stereocenters. The number of anilines is 2. The van der Waals surface area contributed by atoms with Crippen LogP contribution in [0.5, 0.6) is 0 Å². The molecule has 0 aromatic carbocycles. The molecule has 0 spiro atoms. The van der Waals surface area contributed by atoms with Crippen molar-refractivity contribution in [3.05, 3.63) is 34.3 Å². The van der Waals surface area contributed by atoms with Gasteiger partial charge in [-0.2, -0.15) is 0 Å². The van der Waals surface area contributed by atoms with E-state index in [-0.39, 0.29) is 0 Å². The highest BCUT2D eigenvalue weighted by molar-refractivity contribution is 7.09.